The Kier molecular flexibility index (Phi) is 6.85. The number of amides is 1. The van der Waals surface area contributed by atoms with Gasteiger partial charge in [-0.05, 0) is 24.3 Å². The van der Waals surface area contributed by atoms with Crippen LogP contribution in [-0.4, -0.2) is 32.0 Å². The minimum absolute atomic E-state index is 0.0740. The zero-order valence-electron chi connectivity index (χ0n) is 15.9. The molecule has 0 bridgehead atoms. The van der Waals surface area contributed by atoms with Gasteiger partial charge in [0.1, 0.15) is 17.4 Å². The summed E-state index contributed by atoms with van der Waals surface area (Å²) in [6.45, 7) is -1.51. The molecule has 0 atom stereocenters. The van der Waals surface area contributed by atoms with Crippen LogP contribution in [0, 0.1) is 5.95 Å². The lowest BCUT2D eigenvalue weighted by Gasteiger charge is -2.17. The monoisotopic (exact) mass is 452 g/mol. The number of anilines is 1. The molecule has 162 valence electrons. The maximum atomic E-state index is 14.3. The van der Waals surface area contributed by atoms with Crippen LogP contribution in [0.15, 0.2) is 53.6 Å². The van der Waals surface area contributed by atoms with Crippen LogP contribution in [-0.2, 0) is 23.8 Å². The van der Waals surface area contributed by atoms with Crippen molar-refractivity contribution in [3.8, 4) is 0 Å². The van der Waals surface area contributed by atoms with Crippen LogP contribution in [0.25, 0.3) is 0 Å². The van der Waals surface area contributed by atoms with Crippen LogP contribution >= 0.6 is 11.6 Å². The van der Waals surface area contributed by atoms with E-state index in [9.17, 15) is 22.8 Å². The molecule has 0 unspecified atom stereocenters. The van der Waals surface area contributed by atoms with E-state index in [1.807, 2.05) is 0 Å². The third-order valence-corrected chi connectivity index (χ3v) is 4.37. The van der Waals surface area contributed by atoms with E-state index in [2.05, 4.69) is 25.6 Å². The number of aromatic nitrogens is 4. The molecule has 8 nitrogen and oxygen atoms in total. The van der Waals surface area contributed by atoms with Crippen molar-refractivity contribution in [3.05, 3.63) is 81.6 Å². The molecule has 0 aliphatic heterocycles. The Hall–Kier alpha value is -3.47. The van der Waals surface area contributed by atoms with Gasteiger partial charge in [0, 0.05) is 6.20 Å². The van der Waals surface area contributed by atoms with Gasteiger partial charge < -0.3 is 10.6 Å². The Morgan fingerprint density at radius 3 is 2.68 bits per heavy atom. The Bertz CT molecular complexity index is 1130. The lowest BCUT2D eigenvalue weighted by atomic mass is 10.2. The molecule has 0 spiro atoms. The van der Waals surface area contributed by atoms with Gasteiger partial charge in [-0.2, -0.15) is 13.2 Å². The molecule has 2 N–H and O–H groups in total. The van der Waals surface area contributed by atoms with Gasteiger partial charge in [0.15, 0.2) is 5.82 Å². The molecule has 3 heterocycles. The molecule has 3 aromatic rings. The fourth-order valence-electron chi connectivity index (χ4n) is 2.54. The van der Waals surface area contributed by atoms with Crippen molar-refractivity contribution in [2.75, 3.05) is 11.9 Å². The average molecular weight is 453 g/mol. The fourth-order valence-corrected chi connectivity index (χ4v) is 2.72. The van der Waals surface area contributed by atoms with E-state index in [1.54, 1.807) is 0 Å². The molecule has 0 aliphatic carbocycles. The molecule has 0 fully saturated rings. The number of rotatable bonds is 8. The van der Waals surface area contributed by atoms with Crippen LogP contribution in [0.4, 0.5) is 19.0 Å². The molecule has 1 amide bonds. The number of nitrogens with one attached hydrogen (secondary N) is 2. The summed E-state index contributed by atoms with van der Waals surface area (Å²) in [5.41, 5.74) is -1.05. The highest BCUT2D eigenvalue weighted by atomic mass is 35.5. The average Bonchev–Trinajstić information content (AvgIpc) is 2.75. The molecule has 31 heavy (non-hydrogen) atoms. The summed E-state index contributed by atoms with van der Waals surface area (Å²) in [5, 5.41) is 4.59. The smallest absolute Gasteiger partial charge is 0.306 e. The number of carbonyl (C=O) groups is 1. The summed E-state index contributed by atoms with van der Waals surface area (Å²) in [6.07, 6.45) is 2.29. The minimum atomic E-state index is -3.37. The van der Waals surface area contributed by atoms with Crippen LogP contribution in [0.1, 0.15) is 11.4 Å². The molecule has 0 radical (unpaired) electrons. The molecule has 0 saturated heterocycles. The number of pyridine rings is 2. The van der Waals surface area contributed by atoms with Crippen LogP contribution < -0.4 is 16.2 Å². The standard InChI is InChI=1S/C19H16ClF3N6O2/c20-14-9-26-17(27-11-19(22,23)13-5-1-2-7-24-13)18(31)29(14)10-16(30)25-8-12-4-3-6-15(21)28-12/h1-7,9H,8,10-11H2,(H,25,30)(H,26,27). The maximum Gasteiger partial charge on any atom is 0.306 e. The lowest BCUT2D eigenvalue weighted by molar-refractivity contribution is -0.121. The van der Waals surface area contributed by atoms with Crippen LogP contribution in [0.3, 0.4) is 0 Å². The number of hydrogen-bond acceptors (Lipinski definition) is 6. The molecule has 12 heteroatoms. The first-order valence-electron chi connectivity index (χ1n) is 8.93. The zero-order chi connectivity index (χ0) is 22.4. The summed E-state index contributed by atoms with van der Waals surface area (Å²) >= 11 is 5.94. The highest BCUT2D eigenvalue weighted by Crippen LogP contribution is 2.25. The second kappa shape index (κ2) is 9.56. The number of carbonyl (C=O) groups excluding carboxylic acids is 1. The van der Waals surface area contributed by atoms with E-state index >= 15 is 0 Å². The molecule has 3 aromatic heterocycles. The SMILES string of the molecule is O=C(Cn1c(Cl)cnc(NCC(F)(F)c2ccccn2)c1=O)NCc1cccc(F)n1. The van der Waals surface area contributed by atoms with Gasteiger partial charge in [-0.15, -0.1) is 0 Å². The van der Waals surface area contributed by atoms with Gasteiger partial charge in [-0.3, -0.25) is 19.1 Å². The van der Waals surface area contributed by atoms with Crippen molar-refractivity contribution in [2.24, 2.45) is 0 Å². The molecular formula is C19H16ClF3N6O2. The van der Waals surface area contributed by atoms with E-state index in [0.29, 0.717) is 0 Å². The Labute approximate surface area is 179 Å². The molecule has 0 saturated carbocycles. The van der Waals surface area contributed by atoms with Gasteiger partial charge in [-0.1, -0.05) is 23.7 Å². The third-order valence-electron chi connectivity index (χ3n) is 4.06. The highest BCUT2D eigenvalue weighted by Gasteiger charge is 2.33. The fraction of sp³-hybridized carbons (Fsp3) is 0.211. The van der Waals surface area contributed by atoms with Gasteiger partial charge in [0.05, 0.1) is 25.0 Å². The van der Waals surface area contributed by atoms with E-state index in [4.69, 9.17) is 11.6 Å². The first kappa shape index (κ1) is 22.2. The van der Waals surface area contributed by atoms with Crippen molar-refractivity contribution in [1.82, 2.24) is 24.8 Å². The maximum absolute atomic E-state index is 14.3. The summed E-state index contributed by atoms with van der Waals surface area (Å²) < 4.78 is 42.5. The second-order valence-electron chi connectivity index (χ2n) is 6.32. The number of hydrogen-bond donors (Lipinski definition) is 2. The Morgan fingerprint density at radius 2 is 1.97 bits per heavy atom. The Balaban J connectivity index is 1.67. The molecule has 3 rings (SSSR count). The first-order valence-corrected chi connectivity index (χ1v) is 9.31. The third kappa shape index (κ3) is 5.79. The highest BCUT2D eigenvalue weighted by molar-refractivity contribution is 6.29. The normalized spacial score (nSPS) is 11.2. The second-order valence-corrected chi connectivity index (χ2v) is 6.71. The first-order chi connectivity index (χ1) is 14.8. The van der Waals surface area contributed by atoms with E-state index in [-0.39, 0.29) is 17.4 Å². The topological polar surface area (TPSA) is 102 Å². The van der Waals surface area contributed by atoms with Gasteiger partial charge in [0.25, 0.3) is 5.56 Å². The van der Waals surface area contributed by atoms with Crippen molar-refractivity contribution < 1.29 is 18.0 Å². The quantitative estimate of drug-likeness (QED) is 0.509. The lowest BCUT2D eigenvalue weighted by Crippen LogP contribution is -2.35. The number of nitrogens with zero attached hydrogens (tertiary/aromatic N) is 4. The van der Waals surface area contributed by atoms with Gasteiger partial charge in [-0.25, -0.2) is 9.97 Å². The zero-order valence-corrected chi connectivity index (χ0v) is 16.6. The summed E-state index contributed by atoms with van der Waals surface area (Å²) in [7, 11) is 0. The minimum Gasteiger partial charge on any atom is -0.359 e. The summed E-state index contributed by atoms with van der Waals surface area (Å²) in [5.74, 6) is -5.08. The molecule has 0 aliphatic rings. The van der Waals surface area contributed by atoms with Crippen molar-refractivity contribution in [1.29, 1.82) is 0 Å². The largest absolute Gasteiger partial charge is 0.359 e. The van der Waals surface area contributed by atoms with E-state index < -0.39 is 47.9 Å². The van der Waals surface area contributed by atoms with Crippen LogP contribution in [0.2, 0.25) is 5.15 Å². The van der Waals surface area contributed by atoms with Gasteiger partial charge >= 0.3 is 5.92 Å². The predicted octanol–water partition coefficient (Wildman–Crippen LogP) is 2.35. The molecule has 0 aromatic carbocycles. The van der Waals surface area contributed by atoms with Gasteiger partial charge in [0.2, 0.25) is 11.9 Å². The van der Waals surface area contributed by atoms with Crippen molar-refractivity contribution >= 4 is 23.3 Å². The predicted molar refractivity (Wildman–Crippen MR) is 106 cm³/mol. The van der Waals surface area contributed by atoms with Crippen LogP contribution in [0.5, 0.6) is 0 Å². The summed E-state index contributed by atoms with van der Waals surface area (Å²) in [6, 6.07) is 8.19. The molecular weight excluding hydrogens is 437 g/mol. The Morgan fingerprint density at radius 1 is 1.16 bits per heavy atom. The summed E-state index contributed by atoms with van der Waals surface area (Å²) in [4.78, 5) is 35.7. The number of halogens is 4. The van der Waals surface area contributed by atoms with Crippen molar-refractivity contribution in [2.45, 2.75) is 19.0 Å². The van der Waals surface area contributed by atoms with Crippen molar-refractivity contribution in [3.63, 3.8) is 0 Å². The van der Waals surface area contributed by atoms with E-state index in [0.717, 1.165) is 22.9 Å². The number of alkyl halides is 2. The van der Waals surface area contributed by atoms with E-state index in [1.165, 1.54) is 30.5 Å².